The Hall–Kier alpha value is -8.43. The molecule has 0 radical (unpaired) electrons. The van der Waals surface area contributed by atoms with Gasteiger partial charge in [-0.3, -0.25) is 77.4 Å². The number of amides is 6. The fourth-order valence-electron chi connectivity index (χ4n) is 11.1. The number of likely N-dealkylation sites (tertiary alicyclic amines) is 1. The zero-order valence-electron chi connectivity index (χ0n) is 52.9. The van der Waals surface area contributed by atoms with Gasteiger partial charge in [0.1, 0.15) is 43.0 Å². The Balaban J connectivity index is 1.05. The third kappa shape index (κ3) is 24.6. The molecule has 5 N–H and O–H groups in total. The van der Waals surface area contributed by atoms with Crippen molar-refractivity contribution >= 4 is 71.2 Å². The van der Waals surface area contributed by atoms with Crippen molar-refractivity contribution in [2.75, 3.05) is 145 Å². The van der Waals surface area contributed by atoms with Crippen molar-refractivity contribution in [3.8, 4) is 11.8 Å². The van der Waals surface area contributed by atoms with Crippen molar-refractivity contribution in [1.29, 1.82) is 5.26 Å². The van der Waals surface area contributed by atoms with E-state index in [9.17, 15) is 62.7 Å². The minimum Gasteiger partial charge on any atom is -0.494 e. The van der Waals surface area contributed by atoms with Gasteiger partial charge in [-0.15, -0.1) is 0 Å². The Kier molecular flexibility index (Phi) is 29.8. The molecule has 92 heavy (non-hydrogen) atoms. The third-order valence-corrected chi connectivity index (χ3v) is 16.3. The van der Waals surface area contributed by atoms with E-state index in [-0.39, 0.29) is 96.7 Å². The van der Waals surface area contributed by atoms with Crippen molar-refractivity contribution in [2.24, 2.45) is 0 Å². The molecule has 2 aromatic carbocycles. The Morgan fingerprint density at radius 3 is 2.04 bits per heavy atom. The number of rotatable bonds is 33. The lowest BCUT2D eigenvalue weighted by Gasteiger charge is -2.36. The quantitative estimate of drug-likeness (QED) is 0.0239. The number of esters is 1. The number of halogens is 1. The van der Waals surface area contributed by atoms with E-state index in [1.54, 1.807) is 32.9 Å². The molecule has 4 atom stereocenters. The molecule has 29 heteroatoms. The molecule has 0 aliphatic carbocycles. The summed E-state index contributed by atoms with van der Waals surface area (Å²) in [6.07, 6.45) is 4.05. The smallest absolute Gasteiger partial charge is 0.317 e. The van der Waals surface area contributed by atoms with Gasteiger partial charge in [0.25, 0.3) is 18.9 Å². The molecule has 6 rings (SSSR count). The maximum atomic E-state index is 14.6. The molecule has 28 nitrogen and oxygen atoms in total. The molecule has 0 bridgehead atoms. The van der Waals surface area contributed by atoms with Crippen LogP contribution < -0.4 is 26.0 Å². The van der Waals surface area contributed by atoms with E-state index in [0.717, 1.165) is 22.4 Å². The summed E-state index contributed by atoms with van der Waals surface area (Å²) in [6, 6.07) is 13.2. The van der Waals surface area contributed by atoms with E-state index >= 15 is 0 Å². The number of aryl methyl sites for hydroxylation is 2. The summed E-state index contributed by atoms with van der Waals surface area (Å²) in [5.74, 6) is -4.42. The number of ether oxygens (including phenoxy) is 4. The molecule has 1 aromatic heterocycles. The lowest BCUT2D eigenvalue weighted by Crippen LogP contribution is -2.58. The number of pyridine rings is 1. The molecule has 3 aliphatic rings. The zero-order valence-corrected chi connectivity index (χ0v) is 52.9. The minimum atomic E-state index is -1.70. The SMILES string of the molecule is COC(=O)C[C@H](NC(=O)[C@H](CCCCNC(=O)CCCc1ccc(C)cc1)NC(=O)CN1CCN(COC=O)CCN(COC=O)CCN(CC(=O)O)CC1)C(=O)N1CCN(CCCOc2ccc3nccc(C(=O)NCC(=O)N4CC(C)(F)C[C@@H]4C#N)c3c2)CC1. The van der Waals surface area contributed by atoms with Gasteiger partial charge in [-0.25, -0.2) is 4.39 Å². The predicted molar refractivity (Wildman–Crippen MR) is 332 cm³/mol. The molecular formula is C63H88FN13O15. The number of unbranched alkanes of at least 4 members (excludes halogenated alkanes) is 1. The highest BCUT2D eigenvalue weighted by molar-refractivity contribution is 6.07. The van der Waals surface area contributed by atoms with Gasteiger partial charge < -0.3 is 55.1 Å². The monoisotopic (exact) mass is 1290 g/mol. The maximum Gasteiger partial charge on any atom is 0.317 e. The zero-order chi connectivity index (χ0) is 66.4. The molecule has 502 valence electrons. The fraction of sp³-hybridized carbons (Fsp3) is 0.587. The van der Waals surface area contributed by atoms with E-state index < -0.39 is 78.2 Å². The first-order valence-corrected chi connectivity index (χ1v) is 31.2. The Bertz CT molecular complexity index is 3000. The molecule has 3 fully saturated rings. The molecule has 4 heterocycles. The van der Waals surface area contributed by atoms with E-state index in [2.05, 4.69) is 31.2 Å². The van der Waals surface area contributed by atoms with Crippen LogP contribution in [-0.2, 0) is 63.8 Å². The largest absolute Gasteiger partial charge is 0.494 e. The number of aliphatic carboxylic acids is 1. The van der Waals surface area contributed by atoms with Gasteiger partial charge in [0, 0.05) is 116 Å². The van der Waals surface area contributed by atoms with Crippen molar-refractivity contribution in [3.05, 3.63) is 71.4 Å². The van der Waals surface area contributed by atoms with Gasteiger partial charge in [-0.2, -0.15) is 5.26 Å². The molecule has 6 amide bonds. The number of carboxylic acid groups (broad SMARTS) is 1. The number of benzene rings is 2. The van der Waals surface area contributed by atoms with Crippen LogP contribution in [0.2, 0.25) is 0 Å². The molecular weight excluding hydrogens is 1200 g/mol. The fourth-order valence-corrected chi connectivity index (χ4v) is 11.1. The summed E-state index contributed by atoms with van der Waals surface area (Å²) in [5, 5.41) is 30.8. The van der Waals surface area contributed by atoms with Crippen LogP contribution in [0.5, 0.6) is 5.75 Å². The van der Waals surface area contributed by atoms with Crippen molar-refractivity contribution in [3.63, 3.8) is 0 Å². The first-order valence-electron chi connectivity index (χ1n) is 31.2. The number of hydrogen-bond acceptors (Lipinski definition) is 21. The van der Waals surface area contributed by atoms with Crippen LogP contribution >= 0.6 is 0 Å². The number of carbonyl (C=O) groups is 10. The van der Waals surface area contributed by atoms with E-state index in [0.29, 0.717) is 121 Å². The lowest BCUT2D eigenvalue weighted by atomic mass is 10.1. The highest BCUT2D eigenvalue weighted by Gasteiger charge is 2.43. The number of alkyl halides is 1. The average Bonchev–Trinajstić information content (AvgIpc) is 1.30. The number of nitriles is 1. The number of nitrogens with zero attached hydrogens (tertiary/aromatic N) is 9. The summed E-state index contributed by atoms with van der Waals surface area (Å²) in [5.41, 5.74) is 1.33. The van der Waals surface area contributed by atoms with Crippen molar-refractivity contribution < 1.29 is 76.4 Å². The molecule has 3 aromatic rings. The van der Waals surface area contributed by atoms with Crippen LogP contribution in [0.3, 0.4) is 0 Å². The Labute approximate surface area is 535 Å². The second-order valence-corrected chi connectivity index (χ2v) is 23.5. The number of carbonyl (C=O) groups excluding carboxylic acids is 9. The first-order chi connectivity index (χ1) is 44.3. The van der Waals surface area contributed by atoms with Crippen LogP contribution in [0.15, 0.2) is 54.7 Å². The van der Waals surface area contributed by atoms with E-state index in [4.69, 9.17) is 18.9 Å². The molecule has 1 unspecified atom stereocenters. The number of nitrogens with one attached hydrogen (secondary N) is 4. The predicted octanol–water partition coefficient (Wildman–Crippen LogP) is 0.448. The van der Waals surface area contributed by atoms with Crippen LogP contribution in [0.4, 0.5) is 4.39 Å². The molecule has 3 saturated heterocycles. The van der Waals surface area contributed by atoms with Crippen molar-refractivity contribution in [2.45, 2.75) is 95.4 Å². The number of hydrogen-bond donors (Lipinski definition) is 5. The average molecular weight is 1290 g/mol. The summed E-state index contributed by atoms with van der Waals surface area (Å²) in [4.78, 5) is 146. The molecule has 3 aliphatic heterocycles. The number of piperazine rings is 1. The standard InChI is InChI=1S/C63H88FN13O15/c1-46-11-13-47(14-12-46)8-6-10-55(80)67-18-5-4-9-53(69-56(81)39-72-21-22-73(40-58(83)84)24-26-75(43-91-45-79)28-27-74(25-23-72)42-90-44-78)61(87)70-54(35-59(85)89-3)62(88)76-31-29-71(30-32-76)20-7-33-92-49-15-16-52-51(34-49)50(17-19-66-52)60(86)68-38-57(82)77-41-63(2,64)36-48(77)37-65/h11-17,19,34,44-45,48,53-54H,4-10,18,20-33,35-36,38-43H2,1-3H3,(H,67,80)(H,68,86)(H,69,81)(H,70,87)(H,83,84)/t48-,53+,54+,63?/m1/s1. The lowest BCUT2D eigenvalue weighted by molar-refractivity contribution is -0.147. The second-order valence-electron chi connectivity index (χ2n) is 23.5. The van der Waals surface area contributed by atoms with Crippen LogP contribution in [0.1, 0.15) is 79.8 Å². The van der Waals surface area contributed by atoms with Gasteiger partial charge >= 0.3 is 11.9 Å². The topological polar surface area (TPSA) is 335 Å². The summed E-state index contributed by atoms with van der Waals surface area (Å²) in [6.45, 7) is 7.58. The van der Waals surface area contributed by atoms with Gasteiger partial charge in [0.2, 0.25) is 29.5 Å². The normalized spacial score (nSPS) is 18.8. The molecule has 0 saturated carbocycles. The summed E-state index contributed by atoms with van der Waals surface area (Å²) >= 11 is 0. The van der Waals surface area contributed by atoms with E-state index in [1.165, 1.54) is 26.3 Å². The Morgan fingerprint density at radius 2 is 1.41 bits per heavy atom. The van der Waals surface area contributed by atoms with Gasteiger partial charge in [-0.05, 0) is 82.2 Å². The first kappa shape index (κ1) is 72.6. The highest BCUT2D eigenvalue weighted by Crippen LogP contribution is 2.30. The van der Waals surface area contributed by atoms with E-state index in [1.807, 2.05) is 47.1 Å². The second kappa shape index (κ2) is 37.8. The minimum absolute atomic E-state index is 0.0398. The Morgan fingerprint density at radius 1 is 0.772 bits per heavy atom. The summed E-state index contributed by atoms with van der Waals surface area (Å²) in [7, 11) is 1.17. The highest BCUT2D eigenvalue weighted by atomic mass is 19.1. The van der Waals surface area contributed by atoms with Gasteiger partial charge in [-0.1, -0.05) is 29.8 Å². The number of methoxy groups -OCH3 is 1. The number of carboxylic acids is 1. The summed E-state index contributed by atoms with van der Waals surface area (Å²) < 4.78 is 35.8. The number of aromatic nitrogens is 1. The molecule has 0 spiro atoms. The third-order valence-electron chi connectivity index (χ3n) is 16.3. The number of fused-ring (bicyclic) bond motifs is 1. The van der Waals surface area contributed by atoms with Gasteiger partial charge in [0.15, 0.2) is 0 Å². The van der Waals surface area contributed by atoms with Gasteiger partial charge in [0.05, 0.1) is 63.5 Å². The van der Waals surface area contributed by atoms with Crippen LogP contribution in [0, 0.1) is 18.3 Å². The van der Waals surface area contributed by atoms with Crippen LogP contribution in [-0.4, -0.2) is 273 Å². The van der Waals surface area contributed by atoms with Crippen LogP contribution in [0.25, 0.3) is 10.9 Å². The maximum absolute atomic E-state index is 14.6. The van der Waals surface area contributed by atoms with Crippen molar-refractivity contribution in [1.82, 2.24) is 60.6 Å².